The molecule has 0 saturated carbocycles. The Balaban J connectivity index is 1.89. The fourth-order valence-electron chi connectivity index (χ4n) is 3.03. The van der Waals surface area contributed by atoms with Gasteiger partial charge in [0.1, 0.15) is 4.21 Å². The molecule has 134 valence electrons. The maximum atomic E-state index is 12.5. The van der Waals surface area contributed by atoms with Crippen molar-refractivity contribution in [3.63, 3.8) is 0 Å². The molecule has 0 aliphatic carbocycles. The predicted octanol–water partition coefficient (Wildman–Crippen LogP) is 3.13. The molecular formula is C18H23N3O2S2. The number of sulfonamides is 1. The first-order valence-electron chi connectivity index (χ1n) is 8.06. The van der Waals surface area contributed by atoms with Crippen molar-refractivity contribution in [3.8, 4) is 0 Å². The van der Waals surface area contributed by atoms with Crippen LogP contribution in [-0.2, 0) is 17.1 Å². The van der Waals surface area contributed by atoms with Crippen LogP contribution in [-0.4, -0.2) is 38.5 Å². The summed E-state index contributed by atoms with van der Waals surface area (Å²) in [5.41, 5.74) is 2.26. The Morgan fingerprint density at radius 2 is 1.92 bits per heavy atom. The van der Waals surface area contributed by atoms with Gasteiger partial charge in [-0.2, -0.15) is 0 Å². The van der Waals surface area contributed by atoms with E-state index < -0.39 is 10.0 Å². The Kier molecular flexibility index (Phi) is 5.02. The molecule has 0 amide bonds. The molecule has 1 aromatic carbocycles. The molecule has 7 heteroatoms. The molecule has 5 nitrogen and oxygen atoms in total. The van der Waals surface area contributed by atoms with E-state index >= 15 is 0 Å². The molecule has 0 radical (unpaired) electrons. The van der Waals surface area contributed by atoms with Gasteiger partial charge < -0.3 is 9.47 Å². The number of aryl methyl sites for hydroxylation is 2. The van der Waals surface area contributed by atoms with Crippen LogP contribution in [0.15, 0.2) is 46.8 Å². The van der Waals surface area contributed by atoms with E-state index in [9.17, 15) is 8.42 Å². The average Bonchev–Trinajstić information content (AvgIpc) is 3.13. The van der Waals surface area contributed by atoms with E-state index in [1.165, 1.54) is 11.3 Å². The fraction of sp³-hybridized carbons (Fsp3) is 0.333. The lowest BCUT2D eigenvalue weighted by Gasteiger charge is -2.24. The van der Waals surface area contributed by atoms with Crippen LogP contribution in [0.2, 0.25) is 0 Å². The fourth-order valence-corrected chi connectivity index (χ4v) is 5.39. The number of para-hydroxylation sites is 1. The van der Waals surface area contributed by atoms with Crippen molar-refractivity contribution < 1.29 is 8.42 Å². The maximum Gasteiger partial charge on any atom is 0.250 e. The molecule has 2 heterocycles. The molecular weight excluding hydrogens is 354 g/mol. The molecule has 0 spiro atoms. The summed E-state index contributed by atoms with van der Waals surface area (Å²) in [6.07, 6.45) is 2.08. The molecule has 1 N–H and O–H groups in total. The highest BCUT2D eigenvalue weighted by molar-refractivity contribution is 7.91. The molecule has 3 aromatic rings. The highest BCUT2D eigenvalue weighted by Crippen LogP contribution is 2.29. The van der Waals surface area contributed by atoms with Gasteiger partial charge in [0.15, 0.2) is 0 Å². The molecule has 2 aromatic heterocycles. The average molecular weight is 378 g/mol. The van der Waals surface area contributed by atoms with Crippen molar-refractivity contribution in [1.82, 2.24) is 14.2 Å². The molecule has 25 heavy (non-hydrogen) atoms. The third-order valence-corrected chi connectivity index (χ3v) is 7.27. The Hall–Kier alpha value is -1.67. The Labute approximate surface area is 152 Å². The number of nitrogens with one attached hydrogen (secondary N) is 1. The molecule has 3 rings (SSSR count). The monoisotopic (exact) mass is 377 g/mol. The number of benzene rings is 1. The number of thiophene rings is 1. The van der Waals surface area contributed by atoms with Crippen LogP contribution >= 0.6 is 11.3 Å². The van der Waals surface area contributed by atoms with Gasteiger partial charge in [0.2, 0.25) is 10.0 Å². The summed E-state index contributed by atoms with van der Waals surface area (Å²) < 4.78 is 30.3. The Morgan fingerprint density at radius 3 is 2.56 bits per heavy atom. The van der Waals surface area contributed by atoms with Crippen LogP contribution in [0.1, 0.15) is 16.5 Å². The number of rotatable bonds is 6. The first kappa shape index (κ1) is 18.1. The van der Waals surface area contributed by atoms with Gasteiger partial charge in [-0.25, -0.2) is 13.1 Å². The first-order valence-corrected chi connectivity index (χ1v) is 10.4. The number of aromatic nitrogens is 1. The third-order valence-electron chi connectivity index (χ3n) is 4.36. The van der Waals surface area contributed by atoms with Gasteiger partial charge >= 0.3 is 0 Å². The smallest absolute Gasteiger partial charge is 0.250 e. The predicted molar refractivity (Wildman–Crippen MR) is 104 cm³/mol. The lowest BCUT2D eigenvalue weighted by atomic mass is 10.1. The maximum absolute atomic E-state index is 12.5. The zero-order valence-corrected chi connectivity index (χ0v) is 16.5. The van der Waals surface area contributed by atoms with Gasteiger partial charge in [-0.15, -0.1) is 11.3 Å². The van der Waals surface area contributed by atoms with Crippen LogP contribution in [0.4, 0.5) is 0 Å². The van der Waals surface area contributed by atoms with E-state index in [2.05, 4.69) is 27.6 Å². The van der Waals surface area contributed by atoms with Crippen molar-refractivity contribution in [2.24, 2.45) is 7.05 Å². The minimum absolute atomic E-state index is 0.0538. The summed E-state index contributed by atoms with van der Waals surface area (Å²) in [4.78, 5) is 3.03. The van der Waals surface area contributed by atoms with E-state index in [0.29, 0.717) is 10.8 Å². The highest BCUT2D eigenvalue weighted by Gasteiger charge is 2.23. The number of likely N-dealkylation sites (N-methyl/N-ethyl adjacent to an activating group) is 1. The van der Waals surface area contributed by atoms with Gasteiger partial charge in [0.25, 0.3) is 0 Å². The van der Waals surface area contributed by atoms with Crippen LogP contribution in [0, 0.1) is 6.92 Å². The summed E-state index contributed by atoms with van der Waals surface area (Å²) >= 11 is 1.29. The minimum Gasteiger partial charge on any atom is -0.350 e. The van der Waals surface area contributed by atoms with Gasteiger partial charge in [-0.1, -0.05) is 18.2 Å². The standard InChI is InChI=1S/C18H23N3O2S2/c1-13-9-10-18(24-13)25(22,23)19-11-17(20(2)3)15-12-21(4)16-8-6-5-7-14(15)16/h5-10,12,17,19H,11H2,1-4H3. The van der Waals surface area contributed by atoms with Crippen LogP contribution in [0.5, 0.6) is 0 Å². The van der Waals surface area contributed by atoms with Gasteiger partial charge in [-0.05, 0) is 44.8 Å². The molecule has 0 saturated heterocycles. The molecule has 0 aliphatic heterocycles. The van der Waals surface area contributed by atoms with Crippen molar-refractivity contribution >= 4 is 32.3 Å². The Bertz CT molecular complexity index is 987. The second kappa shape index (κ2) is 6.92. The van der Waals surface area contributed by atoms with E-state index in [1.807, 2.05) is 51.2 Å². The number of nitrogens with zero attached hydrogens (tertiary/aromatic N) is 2. The van der Waals surface area contributed by atoms with Crippen molar-refractivity contribution in [2.75, 3.05) is 20.6 Å². The lowest BCUT2D eigenvalue weighted by molar-refractivity contribution is 0.301. The Morgan fingerprint density at radius 1 is 1.20 bits per heavy atom. The van der Waals surface area contributed by atoms with Gasteiger partial charge in [0, 0.05) is 41.6 Å². The SMILES string of the molecule is Cc1ccc(S(=O)(=O)NCC(c2cn(C)c3ccccc23)N(C)C)s1. The van der Waals surface area contributed by atoms with Crippen LogP contribution in [0.3, 0.4) is 0 Å². The second-order valence-corrected chi connectivity index (χ2v) is 9.69. The summed E-state index contributed by atoms with van der Waals surface area (Å²) in [6, 6.07) is 11.6. The zero-order chi connectivity index (χ0) is 18.2. The number of fused-ring (bicyclic) bond motifs is 1. The van der Waals surface area contributed by atoms with Gasteiger partial charge in [0.05, 0.1) is 0 Å². The van der Waals surface area contributed by atoms with Crippen LogP contribution < -0.4 is 4.72 Å². The van der Waals surface area contributed by atoms with E-state index in [0.717, 1.165) is 21.3 Å². The zero-order valence-electron chi connectivity index (χ0n) is 14.9. The topological polar surface area (TPSA) is 54.3 Å². The number of hydrogen-bond acceptors (Lipinski definition) is 4. The minimum atomic E-state index is -3.49. The molecule has 0 bridgehead atoms. The van der Waals surface area contributed by atoms with E-state index in [1.54, 1.807) is 6.07 Å². The largest absolute Gasteiger partial charge is 0.350 e. The third kappa shape index (κ3) is 3.64. The first-order chi connectivity index (χ1) is 11.8. The quantitative estimate of drug-likeness (QED) is 0.718. The van der Waals surface area contributed by atoms with Gasteiger partial charge in [-0.3, -0.25) is 0 Å². The normalized spacial score (nSPS) is 13.6. The molecule has 0 aliphatic rings. The van der Waals surface area contributed by atoms with Crippen molar-refractivity contribution in [3.05, 3.63) is 53.0 Å². The highest BCUT2D eigenvalue weighted by atomic mass is 32.2. The molecule has 1 unspecified atom stereocenters. The lowest BCUT2D eigenvalue weighted by Crippen LogP contribution is -2.34. The summed E-state index contributed by atoms with van der Waals surface area (Å²) in [6.45, 7) is 2.22. The summed E-state index contributed by atoms with van der Waals surface area (Å²) in [5, 5.41) is 1.15. The van der Waals surface area contributed by atoms with Crippen LogP contribution in [0.25, 0.3) is 10.9 Å². The summed E-state index contributed by atoms with van der Waals surface area (Å²) in [5.74, 6) is 0. The van der Waals surface area contributed by atoms with Crippen molar-refractivity contribution in [1.29, 1.82) is 0 Å². The number of hydrogen-bond donors (Lipinski definition) is 1. The van der Waals surface area contributed by atoms with Crippen molar-refractivity contribution in [2.45, 2.75) is 17.2 Å². The van der Waals surface area contributed by atoms with E-state index in [4.69, 9.17) is 0 Å². The molecule has 0 fully saturated rings. The second-order valence-electron chi connectivity index (χ2n) is 6.41. The molecule has 1 atom stereocenters. The summed E-state index contributed by atoms with van der Waals surface area (Å²) in [7, 11) is 2.46. The van der Waals surface area contributed by atoms with E-state index in [-0.39, 0.29) is 6.04 Å².